The van der Waals surface area contributed by atoms with Crippen molar-refractivity contribution in [2.45, 2.75) is 30.5 Å². The second kappa shape index (κ2) is 4.28. The molecular formula is C13H15BrO2. The van der Waals surface area contributed by atoms with Crippen LogP contribution in [0.5, 0.6) is 11.5 Å². The monoisotopic (exact) mass is 282 g/mol. The van der Waals surface area contributed by atoms with E-state index < -0.39 is 0 Å². The van der Waals surface area contributed by atoms with E-state index in [-0.39, 0.29) is 0 Å². The summed E-state index contributed by atoms with van der Waals surface area (Å²) in [6.45, 7) is 1.34. The van der Waals surface area contributed by atoms with Gasteiger partial charge in [-0.05, 0) is 42.5 Å². The van der Waals surface area contributed by atoms with E-state index in [1.54, 1.807) is 0 Å². The number of alkyl halides is 1. The first-order valence-corrected chi connectivity index (χ1v) is 6.82. The summed E-state index contributed by atoms with van der Waals surface area (Å²) in [6.07, 6.45) is 4.94. The Morgan fingerprint density at radius 3 is 2.62 bits per heavy atom. The lowest BCUT2D eigenvalue weighted by Crippen LogP contribution is -2.16. The zero-order valence-electron chi connectivity index (χ0n) is 9.17. The summed E-state index contributed by atoms with van der Waals surface area (Å²) in [4.78, 5) is 0.473. The third kappa shape index (κ3) is 1.81. The van der Waals surface area contributed by atoms with Crippen LogP contribution < -0.4 is 9.47 Å². The molecule has 0 fully saturated rings. The molecule has 0 saturated carbocycles. The lowest BCUT2D eigenvalue weighted by molar-refractivity contribution is 0.171. The fourth-order valence-electron chi connectivity index (χ4n) is 2.45. The molecule has 1 aliphatic heterocycles. The van der Waals surface area contributed by atoms with E-state index in [2.05, 4.69) is 28.1 Å². The molecule has 0 aromatic heterocycles. The molecule has 0 bridgehead atoms. The van der Waals surface area contributed by atoms with Gasteiger partial charge in [-0.3, -0.25) is 0 Å². The molecule has 86 valence electrons. The van der Waals surface area contributed by atoms with Gasteiger partial charge in [-0.15, -0.1) is 0 Å². The summed E-state index contributed by atoms with van der Waals surface area (Å²) in [7, 11) is 0. The van der Waals surface area contributed by atoms with Gasteiger partial charge in [-0.1, -0.05) is 22.4 Å². The van der Waals surface area contributed by atoms with Crippen molar-refractivity contribution in [2.75, 3.05) is 13.2 Å². The number of hydrogen-bond acceptors (Lipinski definition) is 2. The second-order valence-electron chi connectivity index (χ2n) is 4.41. The second-order valence-corrected chi connectivity index (χ2v) is 5.51. The molecule has 1 aliphatic carbocycles. The molecule has 0 spiro atoms. The highest BCUT2D eigenvalue weighted by Crippen LogP contribution is 2.41. The van der Waals surface area contributed by atoms with Gasteiger partial charge in [0.15, 0.2) is 11.5 Å². The lowest BCUT2D eigenvalue weighted by Gasteiger charge is -2.21. The van der Waals surface area contributed by atoms with Crippen LogP contribution in [0.3, 0.4) is 0 Å². The third-order valence-corrected chi connectivity index (χ3v) is 4.25. The molecule has 1 unspecified atom stereocenters. The van der Waals surface area contributed by atoms with E-state index in [0.29, 0.717) is 18.0 Å². The van der Waals surface area contributed by atoms with Crippen molar-refractivity contribution in [3.8, 4) is 11.5 Å². The summed E-state index contributed by atoms with van der Waals surface area (Å²) < 4.78 is 11.3. The number of ether oxygens (including phenoxy) is 2. The van der Waals surface area contributed by atoms with E-state index in [1.807, 2.05) is 0 Å². The first kappa shape index (κ1) is 10.5. The van der Waals surface area contributed by atoms with E-state index in [9.17, 15) is 0 Å². The highest BCUT2D eigenvalue weighted by Gasteiger charge is 2.21. The van der Waals surface area contributed by atoms with Gasteiger partial charge >= 0.3 is 0 Å². The van der Waals surface area contributed by atoms with Gasteiger partial charge < -0.3 is 9.47 Å². The fourth-order valence-corrected chi connectivity index (χ4v) is 3.20. The molecule has 0 saturated heterocycles. The van der Waals surface area contributed by atoms with Crippen LogP contribution in [-0.2, 0) is 6.42 Å². The molecule has 2 nitrogen and oxygen atoms in total. The molecule has 3 heteroatoms. The minimum absolute atomic E-state index is 0.473. The predicted molar refractivity (Wildman–Crippen MR) is 66.7 cm³/mol. The van der Waals surface area contributed by atoms with Crippen LogP contribution in [0.25, 0.3) is 0 Å². The van der Waals surface area contributed by atoms with Gasteiger partial charge in [0.2, 0.25) is 0 Å². The number of hydrogen-bond donors (Lipinski definition) is 0. The van der Waals surface area contributed by atoms with Gasteiger partial charge in [0.25, 0.3) is 0 Å². The van der Waals surface area contributed by atoms with Crippen molar-refractivity contribution < 1.29 is 9.47 Å². The maximum absolute atomic E-state index is 5.63. The van der Waals surface area contributed by atoms with Crippen LogP contribution >= 0.6 is 15.9 Å². The van der Waals surface area contributed by atoms with Gasteiger partial charge in [0, 0.05) is 4.83 Å². The minimum atomic E-state index is 0.473. The van der Waals surface area contributed by atoms with Crippen molar-refractivity contribution in [1.82, 2.24) is 0 Å². The van der Waals surface area contributed by atoms with Gasteiger partial charge in [-0.25, -0.2) is 0 Å². The Balaban J connectivity index is 2.06. The normalized spacial score (nSPS) is 23.4. The molecule has 0 N–H and O–H groups in total. The maximum atomic E-state index is 5.63. The number of aryl methyl sites for hydroxylation is 1. The van der Waals surface area contributed by atoms with Crippen molar-refractivity contribution in [3.05, 3.63) is 23.3 Å². The van der Waals surface area contributed by atoms with E-state index in [1.165, 1.54) is 30.4 Å². The average Bonchev–Trinajstić information content (AvgIpc) is 2.49. The molecule has 3 rings (SSSR count). The van der Waals surface area contributed by atoms with Gasteiger partial charge in [0.1, 0.15) is 13.2 Å². The zero-order valence-corrected chi connectivity index (χ0v) is 10.8. The van der Waals surface area contributed by atoms with Crippen molar-refractivity contribution >= 4 is 15.9 Å². The highest BCUT2D eigenvalue weighted by molar-refractivity contribution is 9.09. The van der Waals surface area contributed by atoms with E-state index >= 15 is 0 Å². The molecule has 1 heterocycles. The lowest BCUT2D eigenvalue weighted by atomic mass is 10.0. The van der Waals surface area contributed by atoms with E-state index in [0.717, 1.165) is 17.9 Å². The minimum Gasteiger partial charge on any atom is -0.486 e. The summed E-state index contributed by atoms with van der Waals surface area (Å²) in [5.41, 5.74) is 2.81. The number of rotatable bonds is 0. The van der Waals surface area contributed by atoms with Crippen molar-refractivity contribution in [1.29, 1.82) is 0 Å². The van der Waals surface area contributed by atoms with Crippen LogP contribution in [0.2, 0.25) is 0 Å². The van der Waals surface area contributed by atoms with Crippen molar-refractivity contribution in [2.24, 2.45) is 0 Å². The first-order chi connectivity index (χ1) is 7.84. The van der Waals surface area contributed by atoms with Crippen molar-refractivity contribution in [3.63, 3.8) is 0 Å². The van der Waals surface area contributed by atoms with Gasteiger partial charge in [0.05, 0.1) is 0 Å². The molecular weight excluding hydrogens is 268 g/mol. The Morgan fingerprint density at radius 1 is 1.06 bits per heavy atom. The predicted octanol–water partition coefficient (Wildman–Crippen LogP) is 3.62. The standard InChI is InChI=1S/C13H15BrO2/c14-11-4-2-1-3-9-7-12-13(8-10(9)11)16-6-5-15-12/h7-8,11H,1-6H2. The Labute approximate surface area is 104 Å². The third-order valence-electron chi connectivity index (χ3n) is 3.30. The summed E-state index contributed by atoms with van der Waals surface area (Å²) in [5.74, 6) is 1.84. The SMILES string of the molecule is BrC1CCCCc2cc3c(cc21)OCCO3. The highest BCUT2D eigenvalue weighted by atomic mass is 79.9. The molecule has 0 radical (unpaired) electrons. The molecule has 16 heavy (non-hydrogen) atoms. The van der Waals surface area contributed by atoms with Crippen LogP contribution in [0.1, 0.15) is 35.2 Å². The number of benzene rings is 1. The summed E-state index contributed by atoms with van der Waals surface area (Å²) in [5, 5.41) is 0. The molecule has 1 aromatic rings. The summed E-state index contributed by atoms with van der Waals surface area (Å²) >= 11 is 3.77. The topological polar surface area (TPSA) is 18.5 Å². The zero-order chi connectivity index (χ0) is 11.0. The molecule has 1 aromatic carbocycles. The average molecular weight is 283 g/mol. The largest absolute Gasteiger partial charge is 0.486 e. The van der Waals surface area contributed by atoms with Crippen LogP contribution in [0.4, 0.5) is 0 Å². The number of fused-ring (bicyclic) bond motifs is 2. The van der Waals surface area contributed by atoms with Gasteiger partial charge in [-0.2, -0.15) is 0 Å². The Bertz CT molecular complexity index is 403. The maximum Gasteiger partial charge on any atom is 0.161 e. The van der Waals surface area contributed by atoms with Crippen LogP contribution in [0.15, 0.2) is 12.1 Å². The summed E-state index contributed by atoms with van der Waals surface area (Å²) in [6, 6.07) is 4.33. The first-order valence-electron chi connectivity index (χ1n) is 5.91. The fraction of sp³-hybridized carbons (Fsp3) is 0.538. The quantitative estimate of drug-likeness (QED) is 0.535. The van der Waals surface area contributed by atoms with Crippen LogP contribution in [-0.4, -0.2) is 13.2 Å². The Morgan fingerprint density at radius 2 is 1.81 bits per heavy atom. The van der Waals surface area contributed by atoms with Crippen LogP contribution in [0, 0.1) is 0 Å². The van der Waals surface area contributed by atoms with E-state index in [4.69, 9.17) is 9.47 Å². The molecule has 2 aliphatic rings. The Kier molecular flexibility index (Phi) is 2.80. The Hall–Kier alpha value is -0.700. The number of halogens is 1. The molecule has 1 atom stereocenters. The molecule has 0 amide bonds. The smallest absolute Gasteiger partial charge is 0.161 e.